The Morgan fingerprint density at radius 1 is 0.895 bits per heavy atom. The van der Waals surface area contributed by atoms with Crippen LogP contribution >= 0.6 is 22.7 Å². The first-order valence-corrected chi connectivity index (χ1v) is 7.69. The SMILES string of the molecule is CC(=O)c1ccc(-c2ccc(-c3cccs3)cc2)s1. The zero-order valence-electron chi connectivity index (χ0n) is 10.4. The van der Waals surface area contributed by atoms with Crippen LogP contribution in [0, 0.1) is 0 Å². The summed E-state index contributed by atoms with van der Waals surface area (Å²) in [5, 5.41) is 2.08. The Morgan fingerprint density at radius 3 is 2.11 bits per heavy atom. The molecule has 3 heteroatoms. The van der Waals surface area contributed by atoms with Crippen molar-refractivity contribution in [2.45, 2.75) is 6.92 Å². The van der Waals surface area contributed by atoms with Crippen molar-refractivity contribution in [1.29, 1.82) is 0 Å². The van der Waals surface area contributed by atoms with Gasteiger partial charge in [-0.3, -0.25) is 4.79 Å². The van der Waals surface area contributed by atoms with Crippen LogP contribution in [0.1, 0.15) is 16.6 Å². The van der Waals surface area contributed by atoms with Gasteiger partial charge in [0.2, 0.25) is 0 Å². The number of hydrogen-bond acceptors (Lipinski definition) is 3. The van der Waals surface area contributed by atoms with Crippen molar-refractivity contribution in [2.75, 3.05) is 0 Å². The standard InChI is InChI=1S/C16H12OS2/c1-11(17)14-8-9-16(19-14)13-6-4-12(5-7-13)15-3-2-10-18-15/h2-10H,1H3. The van der Waals surface area contributed by atoms with E-state index >= 15 is 0 Å². The van der Waals surface area contributed by atoms with Crippen LogP contribution in [-0.2, 0) is 0 Å². The number of rotatable bonds is 3. The summed E-state index contributed by atoms with van der Waals surface area (Å²) in [7, 11) is 0. The molecule has 0 N–H and O–H groups in total. The molecule has 0 fully saturated rings. The van der Waals surface area contributed by atoms with Gasteiger partial charge in [0.05, 0.1) is 4.88 Å². The number of ketones is 1. The minimum absolute atomic E-state index is 0.131. The lowest BCUT2D eigenvalue weighted by molar-refractivity contribution is 0.102. The van der Waals surface area contributed by atoms with Crippen LogP contribution in [0.2, 0.25) is 0 Å². The highest BCUT2D eigenvalue weighted by atomic mass is 32.1. The maximum atomic E-state index is 11.3. The first-order valence-electron chi connectivity index (χ1n) is 5.99. The molecule has 0 saturated heterocycles. The Hall–Kier alpha value is -1.71. The van der Waals surface area contributed by atoms with Crippen LogP contribution in [0.15, 0.2) is 53.9 Å². The molecule has 0 atom stereocenters. The monoisotopic (exact) mass is 284 g/mol. The van der Waals surface area contributed by atoms with E-state index in [4.69, 9.17) is 0 Å². The first-order chi connectivity index (χ1) is 9.24. The lowest BCUT2D eigenvalue weighted by Crippen LogP contribution is -1.83. The molecule has 3 rings (SSSR count). The second-order valence-corrected chi connectivity index (χ2v) is 6.31. The van der Waals surface area contributed by atoms with Gasteiger partial charge in [0.25, 0.3) is 0 Å². The smallest absolute Gasteiger partial charge is 0.169 e. The minimum atomic E-state index is 0.131. The molecular formula is C16H12OS2. The number of Topliss-reactive ketones (excluding diaryl/α,β-unsaturated/α-hetero) is 1. The van der Waals surface area contributed by atoms with E-state index in [2.05, 4.69) is 41.8 Å². The average Bonchev–Trinajstić information content (AvgIpc) is 3.11. The molecule has 94 valence electrons. The van der Waals surface area contributed by atoms with Crippen LogP contribution in [-0.4, -0.2) is 5.78 Å². The highest BCUT2D eigenvalue weighted by Gasteiger charge is 2.06. The number of benzene rings is 1. The summed E-state index contributed by atoms with van der Waals surface area (Å²) in [5.41, 5.74) is 2.40. The predicted molar refractivity (Wildman–Crippen MR) is 83.1 cm³/mol. The van der Waals surface area contributed by atoms with Crippen LogP contribution in [0.4, 0.5) is 0 Å². The third-order valence-corrected chi connectivity index (χ3v) is 5.08. The molecule has 19 heavy (non-hydrogen) atoms. The van der Waals surface area contributed by atoms with Crippen molar-refractivity contribution in [1.82, 2.24) is 0 Å². The quantitative estimate of drug-likeness (QED) is 0.593. The van der Waals surface area contributed by atoms with E-state index < -0.39 is 0 Å². The fraction of sp³-hybridized carbons (Fsp3) is 0.0625. The number of carbonyl (C=O) groups is 1. The zero-order valence-corrected chi connectivity index (χ0v) is 12.1. The van der Waals surface area contributed by atoms with Crippen LogP contribution in [0.25, 0.3) is 20.9 Å². The molecular weight excluding hydrogens is 272 g/mol. The number of thiophene rings is 2. The first kappa shape index (κ1) is 12.3. The molecule has 0 saturated carbocycles. The van der Waals surface area contributed by atoms with Crippen LogP contribution in [0.3, 0.4) is 0 Å². The van der Waals surface area contributed by atoms with Gasteiger partial charge in [0, 0.05) is 9.75 Å². The Morgan fingerprint density at radius 2 is 1.58 bits per heavy atom. The molecule has 0 spiro atoms. The summed E-state index contributed by atoms with van der Waals surface area (Å²) in [5.74, 6) is 0.131. The van der Waals surface area contributed by atoms with E-state index in [1.807, 2.05) is 12.1 Å². The lowest BCUT2D eigenvalue weighted by atomic mass is 10.1. The van der Waals surface area contributed by atoms with Gasteiger partial charge in [0.15, 0.2) is 5.78 Å². The van der Waals surface area contributed by atoms with Crippen molar-refractivity contribution in [3.8, 4) is 20.9 Å². The average molecular weight is 284 g/mol. The largest absolute Gasteiger partial charge is 0.294 e. The van der Waals surface area contributed by atoms with Crippen molar-refractivity contribution in [3.63, 3.8) is 0 Å². The van der Waals surface area contributed by atoms with E-state index in [-0.39, 0.29) is 5.78 Å². The van der Waals surface area contributed by atoms with Crippen LogP contribution < -0.4 is 0 Å². The molecule has 2 heterocycles. The third-order valence-electron chi connectivity index (χ3n) is 2.93. The summed E-state index contributed by atoms with van der Waals surface area (Å²) >= 11 is 3.29. The highest BCUT2D eigenvalue weighted by Crippen LogP contribution is 2.31. The van der Waals surface area contributed by atoms with E-state index in [1.54, 1.807) is 29.6 Å². The van der Waals surface area contributed by atoms with Crippen molar-refractivity contribution < 1.29 is 4.79 Å². The lowest BCUT2D eigenvalue weighted by Gasteiger charge is -2.00. The van der Waals surface area contributed by atoms with Gasteiger partial charge in [0.1, 0.15) is 0 Å². The second kappa shape index (κ2) is 5.11. The molecule has 1 aromatic carbocycles. The maximum absolute atomic E-state index is 11.3. The summed E-state index contributed by atoms with van der Waals surface area (Å²) in [6, 6.07) is 16.6. The summed E-state index contributed by atoms with van der Waals surface area (Å²) < 4.78 is 0. The summed E-state index contributed by atoms with van der Waals surface area (Å²) in [4.78, 5) is 14.5. The van der Waals surface area contributed by atoms with Crippen molar-refractivity contribution in [3.05, 3.63) is 58.8 Å². The van der Waals surface area contributed by atoms with Gasteiger partial charge in [-0.2, -0.15) is 0 Å². The van der Waals surface area contributed by atoms with Crippen LogP contribution in [0.5, 0.6) is 0 Å². The summed E-state index contributed by atoms with van der Waals surface area (Å²) in [6.45, 7) is 1.61. The minimum Gasteiger partial charge on any atom is -0.294 e. The van der Waals surface area contributed by atoms with Gasteiger partial charge in [-0.15, -0.1) is 22.7 Å². The predicted octanol–water partition coefficient (Wildman–Crippen LogP) is 5.35. The van der Waals surface area contributed by atoms with E-state index in [0.29, 0.717) is 0 Å². The van der Waals surface area contributed by atoms with Gasteiger partial charge in [-0.1, -0.05) is 30.3 Å². The molecule has 2 aromatic heterocycles. The molecule has 0 radical (unpaired) electrons. The highest BCUT2D eigenvalue weighted by molar-refractivity contribution is 7.17. The number of hydrogen-bond donors (Lipinski definition) is 0. The molecule has 0 unspecified atom stereocenters. The van der Waals surface area contributed by atoms with Gasteiger partial charge in [-0.25, -0.2) is 0 Å². The fourth-order valence-electron chi connectivity index (χ4n) is 1.92. The summed E-state index contributed by atoms with van der Waals surface area (Å²) in [6.07, 6.45) is 0. The maximum Gasteiger partial charge on any atom is 0.169 e. The van der Waals surface area contributed by atoms with E-state index in [9.17, 15) is 4.79 Å². The van der Waals surface area contributed by atoms with Gasteiger partial charge in [-0.05, 0) is 41.6 Å². The van der Waals surface area contributed by atoms with E-state index in [0.717, 1.165) is 15.3 Å². The Balaban J connectivity index is 1.91. The van der Waals surface area contributed by atoms with Gasteiger partial charge >= 0.3 is 0 Å². The molecule has 0 aliphatic rings. The Kier molecular flexibility index (Phi) is 3.32. The topological polar surface area (TPSA) is 17.1 Å². The van der Waals surface area contributed by atoms with Crippen molar-refractivity contribution in [2.24, 2.45) is 0 Å². The fourth-order valence-corrected chi connectivity index (χ4v) is 3.56. The molecule has 1 nitrogen and oxygen atoms in total. The second-order valence-electron chi connectivity index (χ2n) is 4.27. The zero-order chi connectivity index (χ0) is 13.2. The van der Waals surface area contributed by atoms with Crippen molar-refractivity contribution >= 4 is 28.5 Å². The Labute approximate surface area is 120 Å². The molecule has 0 aliphatic carbocycles. The Bertz CT molecular complexity index is 691. The number of carbonyl (C=O) groups excluding carboxylic acids is 1. The normalized spacial score (nSPS) is 10.6. The molecule has 3 aromatic rings. The molecule has 0 bridgehead atoms. The molecule has 0 amide bonds. The molecule has 0 aliphatic heterocycles. The van der Waals surface area contributed by atoms with Gasteiger partial charge < -0.3 is 0 Å². The third kappa shape index (κ3) is 2.53. The van der Waals surface area contributed by atoms with E-state index in [1.165, 1.54) is 10.4 Å².